The zero-order valence-electron chi connectivity index (χ0n) is 39.6. The van der Waals surface area contributed by atoms with E-state index in [9.17, 15) is 9.59 Å². The van der Waals surface area contributed by atoms with Gasteiger partial charge in [0.15, 0.2) is 10.8 Å². The van der Waals surface area contributed by atoms with Crippen molar-refractivity contribution in [3.8, 4) is 0 Å². The molecule has 13 heteroatoms. The van der Waals surface area contributed by atoms with Gasteiger partial charge in [-0.15, -0.1) is 23.1 Å². The molecule has 2 N–H and O–H groups in total. The molecule has 3 aliphatic heterocycles. The third-order valence-electron chi connectivity index (χ3n) is 12.9. The summed E-state index contributed by atoms with van der Waals surface area (Å²) < 4.78 is 11.9. The highest BCUT2D eigenvalue weighted by Crippen LogP contribution is 2.45. The molecule has 11 nitrogen and oxygen atoms in total. The van der Waals surface area contributed by atoms with Crippen molar-refractivity contribution >= 4 is 51.7 Å². The number of β-lactam (4-membered cyclic amide) rings is 1. The van der Waals surface area contributed by atoms with Crippen LogP contribution in [0.1, 0.15) is 72.7 Å². The first-order chi connectivity index (χ1) is 34.6. The maximum atomic E-state index is 15.2. The summed E-state index contributed by atoms with van der Waals surface area (Å²) in [6.07, 6.45) is 1.28. The number of thioether (sulfide) groups is 1. The second-order valence-corrected chi connectivity index (χ2v) is 20.5. The number of nitrogens with one attached hydrogen (secondary N) is 2. The molecule has 3 aliphatic rings. The molecule has 10 rings (SSSR count). The molecule has 1 aromatic heterocycles. The van der Waals surface area contributed by atoms with Crippen LogP contribution in [0, 0.1) is 0 Å². The van der Waals surface area contributed by atoms with Crippen molar-refractivity contribution in [2.45, 2.75) is 67.9 Å². The van der Waals surface area contributed by atoms with Crippen LogP contribution < -0.4 is 10.6 Å². The Kier molecular flexibility index (Phi) is 13.5. The van der Waals surface area contributed by atoms with E-state index in [2.05, 4.69) is 47.0 Å². The van der Waals surface area contributed by atoms with E-state index < -0.39 is 45.9 Å². The molecule has 0 radical (unpaired) electrons. The van der Waals surface area contributed by atoms with Crippen molar-refractivity contribution in [3.05, 3.63) is 238 Å². The lowest BCUT2D eigenvalue weighted by Crippen LogP contribution is -2.71. The zero-order valence-corrected chi connectivity index (χ0v) is 41.2. The summed E-state index contributed by atoms with van der Waals surface area (Å²) in [6, 6.07) is 58.8. The van der Waals surface area contributed by atoms with Gasteiger partial charge in [0.25, 0.3) is 11.8 Å². The van der Waals surface area contributed by atoms with E-state index in [0.717, 1.165) is 51.8 Å². The van der Waals surface area contributed by atoms with Gasteiger partial charge in [-0.3, -0.25) is 14.5 Å². The average molecular weight is 980 g/mol. The highest BCUT2D eigenvalue weighted by molar-refractivity contribution is 8.00. The third-order valence-corrected chi connectivity index (χ3v) is 14.9. The van der Waals surface area contributed by atoms with E-state index in [1.54, 1.807) is 26.2 Å². The quantitative estimate of drug-likeness (QED) is 0.0339. The van der Waals surface area contributed by atoms with Crippen LogP contribution in [0.3, 0.4) is 0 Å². The van der Waals surface area contributed by atoms with Gasteiger partial charge in [-0.1, -0.05) is 187 Å². The SMILES string of the molecule is CC(C)(C)OC(=O)C1=C([C@H]2CCCO2)CS[C@@H]2[C@H](NC(=O)C(=NOC(c3ccccc3)(c3ccccc3)c3ccccc3)c3csc(NC(c4ccccc4)(c4ccccc4)c4ccccc4)n3)C(=O)N12. The standard InChI is InChI=1S/C58H53N5O6S2/c1-56(2,3)68-54(66)50-45(47-35-22-36-67-47)37-70-53-49(52(65)63(50)53)60-51(64)48(62-69-58(42-29-16-7-17-30-42,43-31-18-8-19-32-43)44-33-20-9-21-34-44)46-38-71-55(59-46)61-57(39-23-10-4-11-24-39,40-25-12-5-13-26-40)41-27-14-6-15-28-41/h4-21,23-34,38,47,49,53H,22,35-37H2,1-3H3,(H,59,61)(H,60,64)/t47-,49-,53-/m1/s1. The van der Waals surface area contributed by atoms with Crippen LogP contribution in [0.15, 0.2) is 204 Å². The molecule has 2 amide bonds. The fraction of sp³-hybridized carbons (Fsp3) is 0.224. The predicted octanol–water partition coefficient (Wildman–Crippen LogP) is 10.4. The first-order valence-corrected chi connectivity index (χ1v) is 25.7. The van der Waals surface area contributed by atoms with Crippen molar-refractivity contribution in [3.63, 3.8) is 0 Å². The Morgan fingerprint density at radius 2 is 1.18 bits per heavy atom. The van der Waals surface area contributed by atoms with Crippen LogP contribution in [-0.2, 0) is 39.8 Å². The molecule has 6 aromatic carbocycles. The number of hydrogen-bond donors (Lipinski definition) is 2. The van der Waals surface area contributed by atoms with Crippen LogP contribution in [0.2, 0.25) is 0 Å². The van der Waals surface area contributed by atoms with Gasteiger partial charge in [-0.05, 0) is 55.9 Å². The maximum Gasteiger partial charge on any atom is 0.355 e. The van der Waals surface area contributed by atoms with Crippen LogP contribution in [-0.4, -0.2) is 68.9 Å². The molecule has 2 fully saturated rings. The Labute approximate surface area is 422 Å². The molecule has 0 saturated carbocycles. The van der Waals surface area contributed by atoms with E-state index in [4.69, 9.17) is 24.5 Å². The lowest BCUT2D eigenvalue weighted by atomic mass is 9.77. The van der Waals surface area contributed by atoms with E-state index in [1.165, 1.54) is 28.0 Å². The Bertz CT molecular complexity index is 2860. The molecule has 0 unspecified atom stereocenters. The largest absolute Gasteiger partial charge is 0.455 e. The van der Waals surface area contributed by atoms with Gasteiger partial charge >= 0.3 is 5.97 Å². The molecule has 0 aliphatic carbocycles. The van der Waals surface area contributed by atoms with Crippen LogP contribution in [0.5, 0.6) is 0 Å². The number of esters is 1. The lowest BCUT2D eigenvalue weighted by Gasteiger charge is -2.50. The van der Waals surface area contributed by atoms with Crippen molar-refractivity contribution < 1.29 is 28.7 Å². The van der Waals surface area contributed by atoms with Crippen molar-refractivity contribution in [1.29, 1.82) is 0 Å². The van der Waals surface area contributed by atoms with Crippen molar-refractivity contribution in [2.24, 2.45) is 5.16 Å². The number of fused-ring (bicyclic) bond motifs is 1. The van der Waals surface area contributed by atoms with Crippen LogP contribution >= 0.6 is 23.1 Å². The summed E-state index contributed by atoms with van der Waals surface area (Å²) in [5, 5.41) is 13.4. The minimum Gasteiger partial charge on any atom is -0.455 e. The summed E-state index contributed by atoms with van der Waals surface area (Å²) in [5.74, 6) is -1.30. The number of carbonyl (C=O) groups is 3. The van der Waals surface area contributed by atoms with Gasteiger partial charge in [-0.2, -0.15) is 0 Å². The van der Waals surface area contributed by atoms with E-state index in [0.29, 0.717) is 17.5 Å². The summed E-state index contributed by atoms with van der Waals surface area (Å²) in [7, 11) is 0. The van der Waals surface area contributed by atoms with Crippen molar-refractivity contribution in [2.75, 3.05) is 17.7 Å². The van der Waals surface area contributed by atoms with E-state index in [-0.39, 0.29) is 23.2 Å². The number of carbonyl (C=O) groups excluding carboxylic acids is 3. The minimum absolute atomic E-state index is 0.152. The third kappa shape index (κ3) is 9.28. The molecule has 2 saturated heterocycles. The average Bonchev–Trinajstić information content (AvgIpc) is 4.13. The van der Waals surface area contributed by atoms with E-state index >= 15 is 4.79 Å². The molecular weight excluding hydrogens is 927 g/mol. The number of oxime groups is 1. The first-order valence-electron chi connectivity index (χ1n) is 23.7. The number of rotatable bonds is 15. The van der Waals surface area contributed by atoms with Gasteiger partial charge in [-0.25, -0.2) is 9.78 Å². The molecule has 0 spiro atoms. The van der Waals surface area contributed by atoms with Gasteiger partial charge < -0.3 is 24.9 Å². The number of amides is 2. The predicted molar refractivity (Wildman–Crippen MR) is 279 cm³/mol. The Hall–Kier alpha value is -7.32. The maximum absolute atomic E-state index is 15.2. The Balaban J connectivity index is 1.07. The Morgan fingerprint density at radius 3 is 1.63 bits per heavy atom. The fourth-order valence-electron chi connectivity index (χ4n) is 9.64. The highest BCUT2D eigenvalue weighted by atomic mass is 32.2. The zero-order chi connectivity index (χ0) is 49.0. The molecule has 358 valence electrons. The molecule has 3 atom stereocenters. The van der Waals surface area contributed by atoms with Gasteiger partial charge in [0.1, 0.15) is 33.9 Å². The molecule has 71 heavy (non-hydrogen) atoms. The smallest absolute Gasteiger partial charge is 0.355 e. The second kappa shape index (κ2) is 20.2. The number of benzene rings is 6. The molecule has 7 aromatic rings. The monoisotopic (exact) mass is 979 g/mol. The molecule has 4 heterocycles. The van der Waals surface area contributed by atoms with Crippen LogP contribution in [0.4, 0.5) is 5.13 Å². The summed E-state index contributed by atoms with van der Waals surface area (Å²) in [4.78, 5) is 57.3. The number of ether oxygens (including phenoxy) is 2. The van der Waals surface area contributed by atoms with Crippen LogP contribution in [0.25, 0.3) is 0 Å². The van der Waals surface area contributed by atoms with Gasteiger partial charge in [0, 0.05) is 34.4 Å². The second-order valence-electron chi connectivity index (χ2n) is 18.6. The number of hydrogen-bond acceptors (Lipinski definition) is 11. The normalized spacial score (nSPS) is 18.3. The lowest BCUT2D eigenvalue weighted by molar-refractivity contribution is -0.159. The fourth-order valence-corrected chi connectivity index (χ4v) is 11.8. The highest BCUT2D eigenvalue weighted by Gasteiger charge is 2.56. The minimum atomic E-state index is -1.34. The van der Waals surface area contributed by atoms with Crippen molar-refractivity contribution in [1.82, 2.24) is 15.2 Å². The number of thiazole rings is 1. The number of anilines is 1. The first kappa shape index (κ1) is 47.4. The Morgan fingerprint density at radius 1 is 0.704 bits per heavy atom. The summed E-state index contributed by atoms with van der Waals surface area (Å²) in [5.41, 5.74) is 3.15. The summed E-state index contributed by atoms with van der Waals surface area (Å²) in [6.45, 7) is 5.95. The molecular formula is C58H53N5O6S2. The van der Waals surface area contributed by atoms with Gasteiger partial charge in [0.05, 0.1) is 6.10 Å². The summed E-state index contributed by atoms with van der Waals surface area (Å²) >= 11 is 2.79. The number of aromatic nitrogens is 1. The number of nitrogens with zero attached hydrogens (tertiary/aromatic N) is 3. The molecule has 0 bridgehead atoms. The van der Waals surface area contributed by atoms with Gasteiger partial charge in [0.2, 0.25) is 5.60 Å². The topological polar surface area (TPSA) is 131 Å². The van der Waals surface area contributed by atoms with E-state index in [1.807, 2.05) is 146 Å².